The molecule has 1 aliphatic rings. The minimum absolute atomic E-state index is 0.232. The van der Waals surface area contributed by atoms with Gasteiger partial charge in [-0.1, -0.05) is 0 Å². The van der Waals surface area contributed by atoms with E-state index in [2.05, 4.69) is 24.0 Å². The predicted octanol–water partition coefficient (Wildman–Crippen LogP) is 8.91. The van der Waals surface area contributed by atoms with E-state index in [-0.39, 0.29) is 12.8 Å². The third-order valence-electron chi connectivity index (χ3n) is 7.47. The summed E-state index contributed by atoms with van der Waals surface area (Å²) in [6.07, 6.45) is 1.77. The number of aliphatic hydroxyl groups is 1. The van der Waals surface area contributed by atoms with Crippen LogP contribution in [-0.4, -0.2) is 35.6 Å². The second-order valence-corrected chi connectivity index (χ2v) is 16.9. The third kappa shape index (κ3) is 6.15. The number of para-hydroxylation sites is 1. The molecular weight excluding hydrogens is 603 g/mol. The Labute approximate surface area is 236 Å². The number of hydrogen-bond acceptors (Lipinski definition) is 2. The van der Waals surface area contributed by atoms with Crippen LogP contribution in [0.5, 0.6) is 0 Å². The minimum atomic E-state index is -1.44. The van der Waals surface area contributed by atoms with Gasteiger partial charge in [-0.2, -0.15) is 0 Å². The fraction of sp³-hybridized carbons (Fsp3) is 0.265. The Morgan fingerprint density at radius 3 is 2.26 bits per heavy atom. The van der Waals surface area contributed by atoms with Crippen molar-refractivity contribution in [1.82, 2.24) is 4.98 Å². The van der Waals surface area contributed by atoms with Crippen LogP contribution in [0.15, 0.2) is 108 Å². The second kappa shape index (κ2) is 12.1. The molecule has 0 fully saturated rings. The van der Waals surface area contributed by atoms with E-state index in [9.17, 15) is 13.9 Å². The molecular formula is C34H34F2INO. The molecule has 202 valence electrons. The van der Waals surface area contributed by atoms with Gasteiger partial charge in [-0.05, 0) is 0 Å². The molecule has 1 aromatic heterocycles. The second-order valence-electron chi connectivity index (χ2n) is 10.1. The van der Waals surface area contributed by atoms with Gasteiger partial charge in [0.25, 0.3) is 0 Å². The van der Waals surface area contributed by atoms with Crippen LogP contribution in [0.2, 0.25) is 0 Å². The molecule has 0 saturated carbocycles. The fourth-order valence-corrected chi connectivity index (χ4v) is 7.84. The number of halogens is 3. The topological polar surface area (TPSA) is 33.1 Å². The van der Waals surface area contributed by atoms with Gasteiger partial charge in [0.15, 0.2) is 0 Å². The number of fused-ring (bicyclic) bond motifs is 1. The number of nitrogens with zero attached hydrogens (tertiary/aromatic N) is 1. The van der Waals surface area contributed by atoms with E-state index in [1.807, 2.05) is 72.8 Å². The molecule has 4 aromatic rings. The van der Waals surface area contributed by atoms with Crippen LogP contribution in [0.25, 0.3) is 33.3 Å². The van der Waals surface area contributed by atoms with E-state index >= 15 is 0 Å². The molecule has 0 radical (unpaired) electrons. The van der Waals surface area contributed by atoms with Gasteiger partial charge in [0.2, 0.25) is 0 Å². The van der Waals surface area contributed by atoms with Crippen LogP contribution in [0.4, 0.5) is 8.78 Å². The van der Waals surface area contributed by atoms with Gasteiger partial charge < -0.3 is 0 Å². The Hall–Kier alpha value is -2.90. The molecule has 0 saturated heterocycles. The van der Waals surface area contributed by atoms with Gasteiger partial charge in [-0.15, -0.1) is 0 Å². The molecule has 39 heavy (non-hydrogen) atoms. The van der Waals surface area contributed by atoms with E-state index in [0.717, 1.165) is 47.7 Å². The summed E-state index contributed by atoms with van der Waals surface area (Å²) >= 11 is -1.25. The molecule has 1 aliphatic carbocycles. The normalized spacial score (nSPS) is 17.4. The summed E-state index contributed by atoms with van der Waals surface area (Å²) in [6, 6.07) is 28.1. The molecule has 2 atom stereocenters. The van der Waals surface area contributed by atoms with Crippen molar-refractivity contribution in [3.63, 3.8) is 0 Å². The standard InChI is InChI=1S/C34H34F2INO/c1-3-37(2)19-18-34(39,26-20-27(35)22-28(36)21-26)23-30-29-16-10-11-17-31(29)38-33(25-14-8-5-9-15-25)32(30)24-12-6-4-7-13-24/h4-17,20-21,27,39H,3,18-19,22-23H2,1-2H3. The Bertz CT molecular complexity index is 1500. The number of rotatable bonds is 9. The van der Waals surface area contributed by atoms with Gasteiger partial charge in [0.1, 0.15) is 0 Å². The number of hydrogen-bond donors (Lipinski definition) is 1. The zero-order valence-electron chi connectivity index (χ0n) is 22.4. The van der Waals surface area contributed by atoms with Gasteiger partial charge in [-0.3, -0.25) is 0 Å². The van der Waals surface area contributed by atoms with Crippen LogP contribution >= 0.6 is 19.8 Å². The number of pyridine rings is 1. The first-order chi connectivity index (χ1) is 18.9. The van der Waals surface area contributed by atoms with E-state index in [1.54, 1.807) is 0 Å². The van der Waals surface area contributed by atoms with E-state index in [0.29, 0.717) is 12.0 Å². The molecule has 2 nitrogen and oxygen atoms in total. The molecule has 0 bridgehead atoms. The Kier molecular flexibility index (Phi) is 8.57. The quantitative estimate of drug-likeness (QED) is 0.147. The monoisotopic (exact) mass is 637 g/mol. The molecule has 1 heterocycles. The summed E-state index contributed by atoms with van der Waals surface area (Å²) in [6.45, 7) is 2.19. The maximum absolute atomic E-state index is 14.6. The average molecular weight is 638 g/mol. The number of allylic oxidation sites excluding steroid dienone is 2. The fourth-order valence-electron chi connectivity index (χ4n) is 5.27. The summed E-state index contributed by atoms with van der Waals surface area (Å²) in [4.78, 5) is 7.42. The van der Waals surface area contributed by atoms with Crippen molar-refractivity contribution < 1.29 is 13.9 Å². The van der Waals surface area contributed by atoms with Crippen LogP contribution in [0, 0.1) is 0 Å². The van der Waals surface area contributed by atoms with Gasteiger partial charge in [0.05, 0.1) is 0 Å². The van der Waals surface area contributed by atoms with E-state index in [4.69, 9.17) is 4.98 Å². The van der Waals surface area contributed by atoms with E-state index in [1.165, 1.54) is 12.2 Å². The molecule has 5 rings (SSSR count). The molecule has 0 aliphatic heterocycles. The zero-order chi connectivity index (χ0) is 27.4. The van der Waals surface area contributed by atoms with Crippen molar-refractivity contribution in [2.75, 3.05) is 13.8 Å². The van der Waals surface area contributed by atoms with Gasteiger partial charge in [0, 0.05) is 0 Å². The predicted molar refractivity (Wildman–Crippen MR) is 168 cm³/mol. The summed E-state index contributed by atoms with van der Waals surface area (Å²) in [5.41, 5.74) is 4.45. The van der Waals surface area contributed by atoms with Crippen LogP contribution < -0.4 is 0 Å². The molecule has 0 amide bonds. The summed E-state index contributed by atoms with van der Waals surface area (Å²) < 4.78 is 31.2. The summed E-state index contributed by atoms with van der Waals surface area (Å²) in [7, 11) is 0. The Morgan fingerprint density at radius 1 is 0.949 bits per heavy atom. The molecule has 0 spiro atoms. The Balaban J connectivity index is 1.77. The first-order valence-electron chi connectivity index (χ1n) is 13.4. The van der Waals surface area contributed by atoms with Crippen molar-refractivity contribution in [2.45, 2.75) is 38.0 Å². The maximum atomic E-state index is 14.6. The van der Waals surface area contributed by atoms with Crippen LogP contribution in [-0.2, 0) is 6.42 Å². The number of alkyl halides is 4. The van der Waals surface area contributed by atoms with Crippen molar-refractivity contribution >= 4 is 30.7 Å². The average Bonchev–Trinajstić information content (AvgIpc) is 2.96. The number of aromatic nitrogens is 1. The first kappa shape index (κ1) is 27.7. The van der Waals surface area contributed by atoms with Gasteiger partial charge >= 0.3 is 238 Å². The van der Waals surface area contributed by atoms with Crippen LogP contribution in [0.1, 0.15) is 25.3 Å². The van der Waals surface area contributed by atoms with Crippen LogP contribution in [0.3, 0.4) is 0 Å². The molecule has 3 aromatic carbocycles. The third-order valence-corrected chi connectivity index (χ3v) is 12.5. The molecule has 5 heteroatoms. The van der Waals surface area contributed by atoms with Gasteiger partial charge in [-0.25, -0.2) is 0 Å². The van der Waals surface area contributed by atoms with Crippen molar-refractivity contribution in [2.24, 2.45) is 0 Å². The summed E-state index contributed by atoms with van der Waals surface area (Å²) in [5, 5.41) is 13.4. The van der Waals surface area contributed by atoms with Crippen molar-refractivity contribution in [1.29, 1.82) is 0 Å². The Morgan fingerprint density at radius 2 is 1.59 bits per heavy atom. The van der Waals surface area contributed by atoms with Crippen molar-refractivity contribution in [3.05, 3.63) is 114 Å². The van der Waals surface area contributed by atoms with E-state index < -0.39 is 37.4 Å². The zero-order valence-corrected chi connectivity index (χ0v) is 24.5. The SMILES string of the molecule is CCI(C)CCC(O)(Cc1c(-c2ccccc2)c(-c2ccccc2)nc2ccccc12)C1=CC(F)CC(F)=C1. The first-order valence-corrected chi connectivity index (χ1v) is 18.6. The molecule has 1 N–H and O–H groups in total. The van der Waals surface area contributed by atoms with Crippen molar-refractivity contribution in [3.8, 4) is 22.4 Å². The number of benzene rings is 3. The molecule has 2 unspecified atom stereocenters. The summed E-state index contributed by atoms with van der Waals surface area (Å²) in [5.74, 6) is -0.520.